The number of benzene rings is 8. The van der Waals surface area contributed by atoms with Gasteiger partial charge < -0.3 is 18.5 Å². The topological polar surface area (TPSA) is 26.2 Å². The quantitative estimate of drug-likeness (QED) is 0.164. The number of hydrogen-bond acceptors (Lipinski definition) is 2. The monoisotopic (exact) mass is 976 g/mol. The Labute approximate surface area is 442 Å². The maximum Gasteiger partial charge on any atom is 0.252 e. The predicted octanol–water partition coefficient (Wildman–Crippen LogP) is 15.2. The Balaban J connectivity index is 1.21. The summed E-state index contributed by atoms with van der Waals surface area (Å²) >= 11 is 0. The summed E-state index contributed by atoms with van der Waals surface area (Å²) in [6, 6.07) is 50.9. The number of furan rings is 1. The first-order valence-corrected chi connectivity index (χ1v) is 26.8. The van der Waals surface area contributed by atoms with Crippen LogP contribution in [0.3, 0.4) is 0 Å². The SMILES string of the molecule is C=C/C(c1cc(C)c(N2c3cc4c(cc3B3c5cc(C(C)(C)C)ccc5-n5c6c(C)cc(C(C)(C)C)cc6c6c(C)cc2c3c65)c2cc(C(C)(C)C)ccc2n4-c2ccccc2)c(C)c1)=c1/oc2ccccc2c1=C. The van der Waals surface area contributed by atoms with Crippen LogP contribution in [0.1, 0.15) is 107 Å². The summed E-state index contributed by atoms with van der Waals surface area (Å²) < 4.78 is 11.7. The summed E-state index contributed by atoms with van der Waals surface area (Å²) in [5.41, 5.74) is 27.4. The number of anilines is 3. The molecule has 0 saturated heterocycles. The average Bonchev–Trinajstić information content (AvgIpc) is 4.16. The molecule has 0 bridgehead atoms. The van der Waals surface area contributed by atoms with E-state index in [9.17, 15) is 0 Å². The first-order chi connectivity index (χ1) is 35.6. The Morgan fingerprint density at radius 1 is 0.520 bits per heavy atom. The lowest BCUT2D eigenvalue weighted by Gasteiger charge is -2.42. The van der Waals surface area contributed by atoms with Gasteiger partial charge >= 0.3 is 0 Å². The minimum absolute atomic E-state index is 0.0195. The Bertz CT molecular complexity index is 4420. The summed E-state index contributed by atoms with van der Waals surface area (Å²) in [5, 5.41) is 7.10. The number of allylic oxidation sites excluding steroid dienone is 1. The van der Waals surface area contributed by atoms with Crippen LogP contribution in [0.4, 0.5) is 17.1 Å². The lowest BCUT2D eigenvalue weighted by atomic mass is 9.33. The maximum atomic E-state index is 6.58. The maximum absolute atomic E-state index is 6.58. The third-order valence-corrected chi connectivity index (χ3v) is 16.9. The zero-order valence-electron chi connectivity index (χ0n) is 46.0. The molecule has 2 aliphatic heterocycles. The van der Waals surface area contributed by atoms with Crippen LogP contribution in [-0.2, 0) is 16.2 Å². The molecule has 0 radical (unpaired) electrons. The van der Waals surface area contributed by atoms with Crippen molar-refractivity contribution in [3.05, 3.63) is 201 Å². The van der Waals surface area contributed by atoms with Crippen molar-refractivity contribution >= 4 is 107 Å². The number of aryl methyl sites for hydroxylation is 4. The van der Waals surface area contributed by atoms with Crippen LogP contribution in [0.2, 0.25) is 0 Å². The van der Waals surface area contributed by atoms with Gasteiger partial charge in [-0.15, -0.1) is 0 Å². The third-order valence-electron chi connectivity index (χ3n) is 16.9. The van der Waals surface area contributed by atoms with E-state index in [0.29, 0.717) is 0 Å². The molecule has 3 aromatic heterocycles. The lowest BCUT2D eigenvalue weighted by molar-refractivity contribution is 0.573. The van der Waals surface area contributed by atoms with Crippen molar-refractivity contribution in [2.75, 3.05) is 4.90 Å². The Hall–Kier alpha value is -7.76. The van der Waals surface area contributed by atoms with Crippen molar-refractivity contribution in [3.63, 3.8) is 0 Å². The van der Waals surface area contributed by atoms with Crippen LogP contribution in [0.5, 0.6) is 0 Å². The molecule has 370 valence electrons. The van der Waals surface area contributed by atoms with E-state index in [1.165, 1.54) is 111 Å². The standard InChI is InChI=1S/C70H66BN3O/c1-16-49(67-43(6)50-24-20-21-25-61(50)75-67)44-30-40(3)64(41(4)31-44)73-59-38-58-52(51-34-45(68(7,8)9)26-28-56(51)72(58)48-22-18-17-19-23-48)37-55(59)71-54-36-46(69(10,11)12)27-29-57(54)74-65-42(5)32-47(70(13,14)15)35-53(65)62-39(2)33-60(73)63(71)66(62)74/h16-38H,1,6H2,2-5,7-15H3/b67-49-. The molecule has 8 aromatic carbocycles. The molecule has 0 amide bonds. The van der Waals surface area contributed by atoms with Gasteiger partial charge in [0.1, 0.15) is 11.0 Å². The van der Waals surface area contributed by atoms with Gasteiger partial charge in [0.15, 0.2) is 0 Å². The highest BCUT2D eigenvalue weighted by Crippen LogP contribution is 2.49. The molecular weight excluding hydrogens is 910 g/mol. The molecule has 75 heavy (non-hydrogen) atoms. The zero-order valence-corrected chi connectivity index (χ0v) is 46.0. The molecule has 0 spiro atoms. The fourth-order valence-corrected chi connectivity index (χ4v) is 13.1. The number of para-hydroxylation sites is 2. The number of rotatable bonds is 4. The van der Waals surface area contributed by atoms with Crippen molar-refractivity contribution in [1.29, 1.82) is 0 Å². The van der Waals surface area contributed by atoms with E-state index in [-0.39, 0.29) is 23.0 Å². The second-order valence-corrected chi connectivity index (χ2v) is 25.0. The Kier molecular flexibility index (Phi) is 9.95. The summed E-state index contributed by atoms with van der Waals surface area (Å²) in [6.07, 6.45) is 1.93. The van der Waals surface area contributed by atoms with Gasteiger partial charge in [0, 0.05) is 60.5 Å². The van der Waals surface area contributed by atoms with Crippen LogP contribution >= 0.6 is 0 Å². The summed E-state index contributed by atoms with van der Waals surface area (Å²) in [7, 11) is 0. The van der Waals surface area contributed by atoms with Gasteiger partial charge in [0.2, 0.25) is 0 Å². The van der Waals surface area contributed by atoms with Crippen LogP contribution in [-0.4, -0.2) is 15.8 Å². The number of nitrogens with zero attached hydrogens (tertiary/aromatic N) is 3. The van der Waals surface area contributed by atoms with Crippen molar-refractivity contribution in [3.8, 4) is 11.4 Å². The van der Waals surface area contributed by atoms with E-state index < -0.39 is 0 Å². The molecule has 0 saturated carbocycles. The molecule has 13 rings (SSSR count). The first-order valence-electron chi connectivity index (χ1n) is 26.8. The Morgan fingerprint density at radius 3 is 1.83 bits per heavy atom. The summed E-state index contributed by atoms with van der Waals surface area (Å²) in [5.74, 6) is 0. The Morgan fingerprint density at radius 2 is 1.15 bits per heavy atom. The van der Waals surface area contributed by atoms with Gasteiger partial charge in [-0.05, 0) is 172 Å². The largest absolute Gasteiger partial charge is 0.455 e. The van der Waals surface area contributed by atoms with Crippen molar-refractivity contribution < 1.29 is 4.42 Å². The van der Waals surface area contributed by atoms with Crippen molar-refractivity contribution in [2.24, 2.45) is 0 Å². The van der Waals surface area contributed by atoms with Gasteiger partial charge in [-0.25, -0.2) is 0 Å². The van der Waals surface area contributed by atoms with Crippen LogP contribution in [0.15, 0.2) is 151 Å². The molecular formula is C70H66BN3O. The number of fused-ring (bicyclic) bond motifs is 12. The predicted molar refractivity (Wildman–Crippen MR) is 323 cm³/mol. The van der Waals surface area contributed by atoms with Crippen molar-refractivity contribution in [2.45, 2.75) is 106 Å². The van der Waals surface area contributed by atoms with Gasteiger partial charge in [0.05, 0.1) is 27.8 Å². The number of aromatic nitrogens is 2. The molecule has 0 fully saturated rings. The van der Waals surface area contributed by atoms with E-state index in [2.05, 4.69) is 232 Å². The molecule has 0 atom stereocenters. The van der Waals surface area contributed by atoms with Gasteiger partial charge in [-0.3, -0.25) is 0 Å². The normalized spacial score (nSPS) is 13.9. The lowest BCUT2D eigenvalue weighted by Crippen LogP contribution is -2.60. The van der Waals surface area contributed by atoms with Crippen LogP contribution in [0, 0.1) is 27.7 Å². The molecule has 0 unspecified atom stereocenters. The minimum atomic E-state index is -0.0643. The zero-order chi connectivity index (χ0) is 52.5. The van der Waals surface area contributed by atoms with Crippen molar-refractivity contribution in [1.82, 2.24) is 9.13 Å². The van der Waals surface area contributed by atoms with E-state index in [1.807, 2.05) is 24.3 Å². The first kappa shape index (κ1) is 47.0. The molecule has 4 nitrogen and oxygen atoms in total. The molecule has 0 aliphatic carbocycles. The molecule has 11 aromatic rings. The number of hydrogen-bond donors (Lipinski definition) is 0. The minimum Gasteiger partial charge on any atom is -0.455 e. The average molecular weight is 976 g/mol. The summed E-state index contributed by atoms with van der Waals surface area (Å²) in [6.45, 7) is 39.1. The fraction of sp³-hybridized carbons (Fsp3) is 0.229. The highest BCUT2D eigenvalue weighted by molar-refractivity contribution is 7.00. The highest BCUT2D eigenvalue weighted by atomic mass is 16.3. The van der Waals surface area contributed by atoms with E-state index >= 15 is 0 Å². The van der Waals surface area contributed by atoms with Crippen LogP contribution < -0.4 is 31.9 Å². The molecule has 5 heterocycles. The molecule has 5 heteroatoms. The van der Waals surface area contributed by atoms with E-state index in [1.54, 1.807) is 0 Å². The van der Waals surface area contributed by atoms with Gasteiger partial charge in [-0.1, -0.05) is 148 Å². The second kappa shape index (κ2) is 15.9. The van der Waals surface area contributed by atoms with Gasteiger partial charge in [-0.2, -0.15) is 0 Å². The summed E-state index contributed by atoms with van der Waals surface area (Å²) in [4.78, 5) is 2.64. The molecule has 0 N–H and O–H groups in total. The van der Waals surface area contributed by atoms with Gasteiger partial charge in [0.25, 0.3) is 6.71 Å². The van der Waals surface area contributed by atoms with E-state index in [0.717, 1.165) is 49.6 Å². The smallest absolute Gasteiger partial charge is 0.252 e. The van der Waals surface area contributed by atoms with Crippen LogP contribution in [0.25, 0.3) is 78.1 Å². The fourth-order valence-electron chi connectivity index (χ4n) is 13.1. The molecule has 2 aliphatic rings. The third kappa shape index (κ3) is 6.75. The van der Waals surface area contributed by atoms with E-state index in [4.69, 9.17) is 4.42 Å². The highest BCUT2D eigenvalue weighted by Gasteiger charge is 2.44. The second-order valence-electron chi connectivity index (χ2n) is 25.0.